The van der Waals surface area contributed by atoms with Crippen LogP contribution in [0.1, 0.15) is 29.8 Å². The zero-order chi connectivity index (χ0) is 22.3. The van der Waals surface area contributed by atoms with E-state index in [2.05, 4.69) is 15.1 Å². The highest BCUT2D eigenvalue weighted by atomic mass is 32.2. The van der Waals surface area contributed by atoms with Crippen molar-refractivity contribution in [1.82, 2.24) is 19.5 Å². The molecule has 2 aliphatic rings. The van der Waals surface area contributed by atoms with Gasteiger partial charge in [-0.3, -0.25) is 9.30 Å². The molecule has 5 rings (SSSR count). The Morgan fingerprint density at radius 1 is 0.969 bits per heavy atom. The molecule has 0 bridgehead atoms. The van der Waals surface area contributed by atoms with E-state index < -0.39 is 11.7 Å². The number of alkyl halides is 3. The van der Waals surface area contributed by atoms with Crippen LogP contribution < -0.4 is 4.90 Å². The van der Waals surface area contributed by atoms with Gasteiger partial charge in [0.1, 0.15) is 11.4 Å². The smallest absolute Gasteiger partial charge is 0.369 e. The predicted molar refractivity (Wildman–Crippen MR) is 115 cm³/mol. The van der Waals surface area contributed by atoms with Crippen molar-refractivity contribution >= 4 is 23.5 Å². The van der Waals surface area contributed by atoms with Crippen molar-refractivity contribution < 1.29 is 17.1 Å². The van der Waals surface area contributed by atoms with Gasteiger partial charge in [-0.05, 0) is 54.7 Å². The Morgan fingerprint density at radius 3 is 2.31 bits per heavy atom. The average molecular weight is 466 g/mol. The first-order valence-electron chi connectivity index (χ1n) is 10.7. The zero-order valence-electron chi connectivity index (χ0n) is 17.4. The third-order valence-corrected chi connectivity index (χ3v) is 6.70. The fourth-order valence-electron chi connectivity index (χ4n) is 4.32. The van der Waals surface area contributed by atoms with Gasteiger partial charge in [-0.25, -0.2) is 0 Å². The van der Waals surface area contributed by atoms with Gasteiger partial charge >= 0.3 is 6.18 Å². The van der Waals surface area contributed by atoms with Gasteiger partial charge in [0.2, 0.25) is 0 Å². The highest BCUT2D eigenvalue weighted by Crippen LogP contribution is 2.37. The first-order valence-corrected chi connectivity index (χ1v) is 11.4. The number of rotatable bonds is 6. The number of aromatic nitrogens is 3. The number of pyridine rings is 1. The van der Waals surface area contributed by atoms with Crippen LogP contribution in [0.2, 0.25) is 0 Å². The van der Waals surface area contributed by atoms with Crippen molar-refractivity contribution in [2.75, 3.05) is 31.1 Å². The number of piperazine rings is 1. The lowest BCUT2D eigenvalue weighted by Crippen LogP contribution is -2.46. The lowest BCUT2D eigenvalue weighted by Gasteiger charge is -2.36. The summed E-state index contributed by atoms with van der Waals surface area (Å²) in [6.07, 6.45) is 0.0525. The molecule has 0 N–H and O–H groups in total. The predicted octanol–water partition coefficient (Wildman–Crippen LogP) is 5.00. The summed E-state index contributed by atoms with van der Waals surface area (Å²) in [5.74, 6) is 1.12. The minimum atomic E-state index is -4.50. The summed E-state index contributed by atoms with van der Waals surface area (Å²) in [7, 11) is 0. The molecule has 170 valence electrons. The monoisotopic (exact) mass is 465 g/mol. The summed E-state index contributed by atoms with van der Waals surface area (Å²) in [5, 5.41) is 7.98. The molecule has 1 aliphatic carbocycles. The standard InChI is InChI=1S/C22H23F4N5S/c23-22(24,25)20-16(7-8-31-19(13-15-1-2-15)27-28-21(20)31)14-29-9-11-30(12-10-29)17-3-5-18(32-26)6-4-17/h3-8,15H,1-2,9-14H2. The van der Waals surface area contributed by atoms with Crippen LogP contribution in [0, 0.1) is 5.92 Å². The number of hydrogen-bond acceptors (Lipinski definition) is 5. The third kappa shape index (κ3) is 4.43. The van der Waals surface area contributed by atoms with Crippen LogP contribution >= 0.6 is 12.1 Å². The zero-order valence-corrected chi connectivity index (χ0v) is 18.2. The molecule has 1 saturated carbocycles. The first kappa shape index (κ1) is 21.5. The second kappa shape index (κ2) is 8.55. The van der Waals surface area contributed by atoms with Crippen molar-refractivity contribution in [2.45, 2.75) is 36.9 Å². The van der Waals surface area contributed by atoms with Crippen LogP contribution in [0.5, 0.6) is 0 Å². The van der Waals surface area contributed by atoms with E-state index >= 15 is 0 Å². The van der Waals surface area contributed by atoms with Crippen LogP contribution in [0.25, 0.3) is 5.65 Å². The summed E-state index contributed by atoms with van der Waals surface area (Å²) in [6.45, 7) is 2.88. The number of halogens is 4. The molecule has 1 aromatic carbocycles. The molecule has 1 aliphatic heterocycles. The summed E-state index contributed by atoms with van der Waals surface area (Å²) in [6, 6.07) is 8.77. The van der Waals surface area contributed by atoms with Crippen molar-refractivity contribution in [3.63, 3.8) is 0 Å². The van der Waals surface area contributed by atoms with E-state index in [1.54, 1.807) is 24.4 Å². The Hall–Kier alpha value is -2.33. The van der Waals surface area contributed by atoms with Crippen molar-refractivity contribution in [2.24, 2.45) is 5.92 Å². The first-order chi connectivity index (χ1) is 15.4. The van der Waals surface area contributed by atoms with Crippen LogP contribution in [-0.4, -0.2) is 45.7 Å². The Bertz CT molecular complexity index is 1090. The molecule has 3 heterocycles. The maximum absolute atomic E-state index is 14.0. The number of anilines is 1. The maximum atomic E-state index is 14.0. The molecule has 1 saturated heterocycles. The topological polar surface area (TPSA) is 36.7 Å². The SMILES string of the molecule is FSc1ccc(N2CCN(Cc3ccn4c(CC5CC5)nnc4c3C(F)(F)F)CC2)cc1. The molecular formula is C22H23F4N5S. The van der Waals surface area contributed by atoms with Crippen molar-refractivity contribution in [1.29, 1.82) is 0 Å². The summed E-state index contributed by atoms with van der Waals surface area (Å²) in [4.78, 5) is 4.75. The van der Waals surface area contributed by atoms with Gasteiger partial charge in [0.25, 0.3) is 0 Å². The number of fused-ring (bicyclic) bond motifs is 1. The minimum Gasteiger partial charge on any atom is -0.369 e. The van der Waals surface area contributed by atoms with Gasteiger partial charge in [0, 0.05) is 55.9 Å². The van der Waals surface area contributed by atoms with Crippen LogP contribution in [0.4, 0.5) is 22.7 Å². The Labute approximate surface area is 187 Å². The van der Waals surface area contributed by atoms with Crippen LogP contribution in [-0.2, 0) is 19.1 Å². The lowest BCUT2D eigenvalue weighted by molar-refractivity contribution is -0.137. The Morgan fingerprint density at radius 2 is 1.69 bits per heavy atom. The highest BCUT2D eigenvalue weighted by molar-refractivity contribution is 7.94. The van der Waals surface area contributed by atoms with Crippen molar-refractivity contribution in [3.05, 3.63) is 53.5 Å². The maximum Gasteiger partial charge on any atom is 0.420 e. The van der Waals surface area contributed by atoms with Gasteiger partial charge in [-0.2, -0.15) is 17.1 Å². The van der Waals surface area contributed by atoms with E-state index in [-0.39, 0.29) is 29.9 Å². The molecule has 5 nitrogen and oxygen atoms in total. The van der Waals surface area contributed by atoms with E-state index in [0.29, 0.717) is 49.2 Å². The van der Waals surface area contributed by atoms with E-state index in [4.69, 9.17) is 0 Å². The van der Waals surface area contributed by atoms with Gasteiger partial charge in [0.05, 0.1) is 12.1 Å². The highest BCUT2D eigenvalue weighted by Gasteiger charge is 2.38. The van der Waals surface area contributed by atoms with Crippen LogP contribution in [0.3, 0.4) is 0 Å². The molecule has 0 amide bonds. The second-order valence-corrected chi connectivity index (χ2v) is 9.13. The van der Waals surface area contributed by atoms with E-state index in [1.165, 1.54) is 4.40 Å². The summed E-state index contributed by atoms with van der Waals surface area (Å²) in [5.41, 5.74) is 0.436. The average Bonchev–Trinajstić information content (AvgIpc) is 3.52. The molecular weight excluding hydrogens is 442 g/mol. The normalized spacial score (nSPS) is 17.9. The Kier molecular flexibility index (Phi) is 5.75. The van der Waals surface area contributed by atoms with E-state index in [1.807, 2.05) is 17.0 Å². The molecule has 0 unspecified atom stereocenters. The molecule has 32 heavy (non-hydrogen) atoms. The fraction of sp³-hybridized carbons (Fsp3) is 0.455. The fourth-order valence-corrected chi connectivity index (χ4v) is 4.55. The van der Waals surface area contributed by atoms with Gasteiger partial charge in [-0.15, -0.1) is 10.2 Å². The molecule has 3 aromatic rings. The molecule has 2 fully saturated rings. The summed E-state index contributed by atoms with van der Waals surface area (Å²) < 4.78 is 56.2. The van der Waals surface area contributed by atoms with E-state index in [9.17, 15) is 17.1 Å². The van der Waals surface area contributed by atoms with Gasteiger partial charge < -0.3 is 4.90 Å². The Balaban J connectivity index is 1.32. The summed E-state index contributed by atoms with van der Waals surface area (Å²) >= 11 is 0.207. The molecule has 0 atom stereocenters. The van der Waals surface area contributed by atoms with Gasteiger partial charge in [-0.1, -0.05) is 0 Å². The van der Waals surface area contributed by atoms with Crippen molar-refractivity contribution in [3.8, 4) is 0 Å². The van der Waals surface area contributed by atoms with Gasteiger partial charge in [0.15, 0.2) is 5.65 Å². The quantitative estimate of drug-likeness (QED) is 0.479. The largest absolute Gasteiger partial charge is 0.420 e. The third-order valence-electron chi connectivity index (χ3n) is 6.24. The minimum absolute atomic E-state index is 0.102. The second-order valence-electron chi connectivity index (χ2n) is 8.51. The molecule has 2 aromatic heterocycles. The number of nitrogens with zero attached hydrogens (tertiary/aromatic N) is 5. The molecule has 0 spiro atoms. The lowest BCUT2D eigenvalue weighted by atomic mass is 10.1. The van der Waals surface area contributed by atoms with E-state index in [0.717, 1.165) is 18.5 Å². The van der Waals surface area contributed by atoms with Crippen LogP contribution in [0.15, 0.2) is 41.4 Å². The number of hydrogen-bond donors (Lipinski definition) is 0. The molecule has 10 heteroatoms. The number of benzene rings is 1. The molecule has 0 radical (unpaired) electrons.